The van der Waals surface area contributed by atoms with Crippen LogP contribution in [0.5, 0.6) is 0 Å². The Labute approximate surface area is 172 Å². The van der Waals surface area contributed by atoms with Crippen molar-refractivity contribution in [1.29, 1.82) is 0 Å². The monoisotopic (exact) mass is 391 g/mol. The molecule has 0 spiro atoms. The number of nitrogens with zero attached hydrogens (tertiary/aromatic N) is 3. The zero-order valence-electron chi connectivity index (χ0n) is 17.3. The zero-order chi connectivity index (χ0) is 20.4. The minimum atomic E-state index is -0.241. The van der Waals surface area contributed by atoms with Gasteiger partial charge in [-0.2, -0.15) is 0 Å². The lowest BCUT2D eigenvalue weighted by Crippen LogP contribution is -2.50. The quantitative estimate of drug-likeness (QED) is 0.804. The summed E-state index contributed by atoms with van der Waals surface area (Å²) in [6.07, 6.45) is 1.19. The molecule has 2 aromatic rings. The summed E-state index contributed by atoms with van der Waals surface area (Å²) in [5.41, 5.74) is 4.47. The first-order valence-electron chi connectivity index (χ1n) is 10.6. The van der Waals surface area contributed by atoms with Crippen LogP contribution in [-0.4, -0.2) is 49.4 Å². The molecular weight excluding hydrogens is 362 g/mol. The van der Waals surface area contributed by atoms with Gasteiger partial charge in [-0.05, 0) is 36.6 Å². The highest BCUT2D eigenvalue weighted by atomic mass is 16.2. The van der Waals surface area contributed by atoms with Gasteiger partial charge >= 0.3 is 0 Å². The summed E-state index contributed by atoms with van der Waals surface area (Å²) in [5.74, 6) is -0.0504. The topological polar surface area (TPSA) is 43.9 Å². The molecule has 2 fully saturated rings. The van der Waals surface area contributed by atoms with Crippen LogP contribution < -0.4 is 9.80 Å². The second-order valence-electron chi connectivity index (χ2n) is 7.99. The smallest absolute Gasteiger partial charge is 0.228 e. The van der Waals surface area contributed by atoms with Crippen molar-refractivity contribution in [3.63, 3.8) is 0 Å². The van der Waals surface area contributed by atoms with Crippen LogP contribution in [0.2, 0.25) is 0 Å². The third kappa shape index (κ3) is 3.86. The number of anilines is 2. The third-order valence-electron chi connectivity index (χ3n) is 6.16. The van der Waals surface area contributed by atoms with Crippen molar-refractivity contribution in [3.05, 3.63) is 59.7 Å². The molecular formula is C24H29N3O2. The van der Waals surface area contributed by atoms with Gasteiger partial charge in [0.1, 0.15) is 0 Å². The number of piperazine rings is 1. The van der Waals surface area contributed by atoms with Gasteiger partial charge in [0, 0.05) is 50.5 Å². The summed E-state index contributed by atoms with van der Waals surface area (Å²) < 4.78 is 0. The van der Waals surface area contributed by atoms with Gasteiger partial charge in [-0.1, -0.05) is 43.3 Å². The first-order chi connectivity index (χ1) is 14.1. The maximum Gasteiger partial charge on any atom is 0.228 e. The normalized spacial score (nSPS) is 19.7. The molecule has 0 aliphatic carbocycles. The molecule has 0 N–H and O–H groups in total. The number of aryl methyl sites for hydroxylation is 2. The zero-order valence-corrected chi connectivity index (χ0v) is 17.3. The van der Waals surface area contributed by atoms with E-state index in [9.17, 15) is 9.59 Å². The number of para-hydroxylation sites is 2. The Balaban J connectivity index is 1.42. The molecule has 1 atom stereocenters. The highest BCUT2D eigenvalue weighted by Gasteiger charge is 2.38. The SMILES string of the molecule is CCc1cccc(C)c1N1CC(C(=O)N2CCN(c3ccccc3)CC2)CC1=O. The average Bonchev–Trinajstić information content (AvgIpc) is 3.14. The summed E-state index contributed by atoms with van der Waals surface area (Å²) in [7, 11) is 0. The Morgan fingerprint density at radius 3 is 2.41 bits per heavy atom. The van der Waals surface area contributed by atoms with E-state index in [0.29, 0.717) is 26.1 Å². The molecule has 2 aliphatic heterocycles. The first kappa shape index (κ1) is 19.5. The fourth-order valence-electron chi connectivity index (χ4n) is 4.56. The summed E-state index contributed by atoms with van der Waals surface area (Å²) in [6, 6.07) is 16.5. The molecule has 5 heteroatoms. The molecule has 0 aromatic heterocycles. The first-order valence-corrected chi connectivity index (χ1v) is 10.6. The third-order valence-corrected chi connectivity index (χ3v) is 6.16. The van der Waals surface area contributed by atoms with Gasteiger partial charge in [0.05, 0.1) is 5.92 Å². The van der Waals surface area contributed by atoms with Gasteiger partial charge in [-0.3, -0.25) is 9.59 Å². The van der Waals surface area contributed by atoms with Gasteiger partial charge in [0.25, 0.3) is 0 Å². The van der Waals surface area contributed by atoms with E-state index >= 15 is 0 Å². The van der Waals surface area contributed by atoms with E-state index in [-0.39, 0.29) is 17.7 Å². The van der Waals surface area contributed by atoms with E-state index < -0.39 is 0 Å². The van der Waals surface area contributed by atoms with Crippen LogP contribution in [0, 0.1) is 12.8 Å². The van der Waals surface area contributed by atoms with Gasteiger partial charge in [0.2, 0.25) is 11.8 Å². The highest BCUT2D eigenvalue weighted by Crippen LogP contribution is 2.32. The molecule has 1 unspecified atom stereocenters. The predicted octanol–water partition coefficient (Wildman–Crippen LogP) is 3.26. The van der Waals surface area contributed by atoms with E-state index in [4.69, 9.17) is 0 Å². The van der Waals surface area contributed by atoms with E-state index in [0.717, 1.165) is 30.8 Å². The van der Waals surface area contributed by atoms with Crippen LogP contribution in [-0.2, 0) is 16.0 Å². The van der Waals surface area contributed by atoms with Gasteiger partial charge in [0.15, 0.2) is 0 Å². The Hall–Kier alpha value is -2.82. The molecule has 4 rings (SSSR count). The Morgan fingerprint density at radius 2 is 1.72 bits per heavy atom. The van der Waals surface area contributed by atoms with Crippen molar-refractivity contribution in [2.24, 2.45) is 5.92 Å². The van der Waals surface area contributed by atoms with Crippen molar-refractivity contribution < 1.29 is 9.59 Å². The summed E-state index contributed by atoms with van der Waals surface area (Å²) in [6.45, 7) is 7.73. The molecule has 5 nitrogen and oxygen atoms in total. The van der Waals surface area contributed by atoms with Crippen LogP contribution in [0.1, 0.15) is 24.5 Å². The maximum absolute atomic E-state index is 13.1. The number of benzene rings is 2. The number of carbonyl (C=O) groups is 2. The molecule has 2 heterocycles. The van der Waals surface area contributed by atoms with Crippen LogP contribution >= 0.6 is 0 Å². The minimum Gasteiger partial charge on any atom is -0.368 e. The predicted molar refractivity (Wildman–Crippen MR) is 116 cm³/mol. The molecule has 2 aromatic carbocycles. The fraction of sp³-hybridized carbons (Fsp3) is 0.417. The lowest BCUT2D eigenvalue weighted by molar-refractivity contribution is -0.136. The number of hydrogen-bond donors (Lipinski definition) is 0. The molecule has 0 bridgehead atoms. The standard InChI is InChI=1S/C24H29N3O2/c1-3-19-9-7-8-18(2)23(19)27-17-20(16-22(27)28)24(29)26-14-12-25(13-15-26)21-10-5-4-6-11-21/h4-11,20H,3,12-17H2,1-2H3. The summed E-state index contributed by atoms with van der Waals surface area (Å²) in [4.78, 5) is 32.0. The Kier molecular flexibility index (Phi) is 5.56. The Bertz CT molecular complexity index is 888. The summed E-state index contributed by atoms with van der Waals surface area (Å²) >= 11 is 0. The number of amides is 2. The second-order valence-corrected chi connectivity index (χ2v) is 7.99. The highest BCUT2D eigenvalue weighted by molar-refractivity contribution is 6.01. The number of hydrogen-bond acceptors (Lipinski definition) is 3. The molecule has 2 aliphatic rings. The Morgan fingerprint density at radius 1 is 1.00 bits per heavy atom. The van der Waals surface area contributed by atoms with Crippen molar-refractivity contribution >= 4 is 23.2 Å². The lowest BCUT2D eigenvalue weighted by atomic mass is 10.0. The average molecular weight is 392 g/mol. The van der Waals surface area contributed by atoms with E-state index in [2.05, 4.69) is 30.0 Å². The fourth-order valence-corrected chi connectivity index (χ4v) is 4.56. The second kappa shape index (κ2) is 8.27. The molecule has 2 saturated heterocycles. The van der Waals surface area contributed by atoms with E-state index in [1.54, 1.807) is 0 Å². The molecule has 152 valence electrons. The largest absolute Gasteiger partial charge is 0.368 e. The molecule has 0 radical (unpaired) electrons. The van der Waals surface area contributed by atoms with Gasteiger partial charge in [-0.15, -0.1) is 0 Å². The molecule has 29 heavy (non-hydrogen) atoms. The van der Waals surface area contributed by atoms with Crippen LogP contribution in [0.25, 0.3) is 0 Å². The van der Waals surface area contributed by atoms with Crippen LogP contribution in [0.4, 0.5) is 11.4 Å². The van der Waals surface area contributed by atoms with Gasteiger partial charge < -0.3 is 14.7 Å². The minimum absolute atomic E-state index is 0.0651. The number of carbonyl (C=O) groups excluding carboxylic acids is 2. The van der Waals surface area contributed by atoms with E-state index in [1.165, 1.54) is 11.3 Å². The molecule has 2 amide bonds. The number of rotatable bonds is 4. The van der Waals surface area contributed by atoms with Crippen molar-refractivity contribution in [2.75, 3.05) is 42.5 Å². The maximum atomic E-state index is 13.1. The van der Waals surface area contributed by atoms with E-state index in [1.807, 2.05) is 47.1 Å². The molecule has 0 saturated carbocycles. The van der Waals surface area contributed by atoms with Crippen LogP contribution in [0.15, 0.2) is 48.5 Å². The van der Waals surface area contributed by atoms with Crippen molar-refractivity contribution in [2.45, 2.75) is 26.7 Å². The lowest BCUT2D eigenvalue weighted by Gasteiger charge is -2.37. The van der Waals surface area contributed by atoms with Gasteiger partial charge in [-0.25, -0.2) is 0 Å². The summed E-state index contributed by atoms with van der Waals surface area (Å²) in [5, 5.41) is 0. The van der Waals surface area contributed by atoms with Crippen molar-refractivity contribution in [1.82, 2.24) is 4.90 Å². The van der Waals surface area contributed by atoms with Crippen LogP contribution in [0.3, 0.4) is 0 Å². The van der Waals surface area contributed by atoms with Crippen molar-refractivity contribution in [3.8, 4) is 0 Å².